The summed E-state index contributed by atoms with van der Waals surface area (Å²) < 4.78 is 0. The van der Waals surface area contributed by atoms with Gasteiger partial charge in [-0.3, -0.25) is 0 Å². The minimum atomic E-state index is -0.402. The Labute approximate surface area is 61.3 Å². The molecule has 0 bridgehead atoms. The third-order valence-electron chi connectivity index (χ3n) is 1.46. The first-order valence-corrected chi connectivity index (χ1v) is 3.37. The molecule has 0 saturated heterocycles. The first-order chi connectivity index (χ1) is 4.84. The molecule has 1 aromatic carbocycles. The molecule has 1 atom stereocenters. The van der Waals surface area contributed by atoms with Gasteiger partial charge in [-0.1, -0.05) is 37.3 Å². The maximum atomic E-state index is 9.27. The van der Waals surface area contributed by atoms with E-state index in [1.54, 1.807) is 0 Å². The summed E-state index contributed by atoms with van der Waals surface area (Å²) in [6, 6.07) is 9.55. The van der Waals surface area contributed by atoms with Gasteiger partial charge < -0.3 is 5.11 Å². The maximum Gasteiger partial charge on any atom is 0.0790 e. The van der Waals surface area contributed by atoms with Crippen molar-refractivity contribution in [2.24, 2.45) is 0 Å². The SMILES string of the molecule is [CH2]CC(O)c1ccccc1. The summed E-state index contributed by atoms with van der Waals surface area (Å²) in [5.74, 6) is 0. The Morgan fingerprint density at radius 3 is 2.40 bits per heavy atom. The monoisotopic (exact) mass is 135 g/mol. The lowest BCUT2D eigenvalue weighted by molar-refractivity contribution is 0.181. The fourth-order valence-electron chi connectivity index (χ4n) is 0.842. The fraction of sp³-hybridized carbons (Fsp3) is 0.222. The van der Waals surface area contributed by atoms with Crippen LogP contribution in [0.3, 0.4) is 0 Å². The lowest BCUT2D eigenvalue weighted by Crippen LogP contribution is -1.93. The molecule has 1 unspecified atom stereocenters. The number of rotatable bonds is 2. The van der Waals surface area contributed by atoms with Gasteiger partial charge in [-0.2, -0.15) is 0 Å². The second-order valence-corrected chi connectivity index (χ2v) is 2.22. The van der Waals surface area contributed by atoms with Crippen molar-refractivity contribution in [3.8, 4) is 0 Å². The van der Waals surface area contributed by atoms with Crippen LogP contribution in [0.1, 0.15) is 18.1 Å². The third kappa shape index (κ3) is 1.58. The Kier molecular flexibility index (Phi) is 2.46. The van der Waals surface area contributed by atoms with E-state index in [1.807, 2.05) is 30.3 Å². The van der Waals surface area contributed by atoms with Crippen molar-refractivity contribution in [2.45, 2.75) is 12.5 Å². The van der Waals surface area contributed by atoms with Crippen LogP contribution in [0.2, 0.25) is 0 Å². The molecular weight excluding hydrogens is 124 g/mol. The van der Waals surface area contributed by atoms with Crippen molar-refractivity contribution in [2.75, 3.05) is 0 Å². The Balaban J connectivity index is 2.75. The fourth-order valence-corrected chi connectivity index (χ4v) is 0.842. The summed E-state index contributed by atoms with van der Waals surface area (Å²) >= 11 is 0. The molecule has 0 spiro atoms. The minimum absolute atomic E-state index is 0.402. The summed E-state index contributed by atoms with van der Waals surface area (Å²) in [5.41, 5.74) is 0.942. The molecular formula is C9H11O. The second kappa shape index (κ2) is 3.37. The van der Waals surface area contributed by atoms with Crippen LogP contribution >= 0.6 is 0 Å². The third-order valence-corrected chi connectivity index (χ3v) is 1.46. The maximum absolute atomic E-state index is 9.27. The predicted molar refractivity (Wildman–Crippen MR) is 41.4 cm³/mol. The lowest BCUT2D eigenvalue weighted by atomic mass is 10.1. The van der Waals surface area contributed by atoms with Gasteiger partial charge in [0.25, 0.3) is 0 Å². The molecule has 0 fully saturated rings. The number of benzene rings is 1. The van der Waals surface area contributed by atoms with Crippen molar-refractivity contribution < 1.29 is 5.11 Å². The summed E-state index contributed by atoms with van der Waals surface area (Å²) in [4.78, 5) is 0. The van der Waals surface area contributed by atoms with Gasteiger partial charge in [0.2, 0.25) is 0 Å². The highest BCUT2D eigenvalue weighted by Gasteiger charge is 2.00. The number of hydrogen-bond donors (Lipinski definition) is 1. The van der Waals surface area contributed by atoms with Crippen molar-refractivity contribution >= 4 is 0 Å². The van der Waals surface area contributed by atoms with Crippen molar-refractivity contribution in [3.05, 3.63) is 42.8 Å². The molecule has 0 saturated carbocycles. The zero-order chi connectivity index (χ0) is 7.40. The minimum Gasteiger partial charge on any atom is -0.388 e. The van der Waals surface area contributed by atoms with Gasteiger partial charge in [0, 0.05) is 0 Å². The molecule has 0 amide bonds. The van der Waals surface area contributed by atoms with Gasteiger partial charge in [-0.25, -0.2) is 0 Å². The molecule has 1 rings (SSSR count). The topological polar surface area (TPSA) is 20.2 Å². The average molecular weight is 135 g/mol. The molecule has 0 aromatic heterocycles. The van der Waals surface area contributed by atoms with Gasteiger partial charge in [0.15, 0.2) is 0 Å². The van der Waals surface area contributed by atoms with Crippen LogP contribution in [0, 0.1) is 6.92 Å². The highest BCUT2D eigenvalue weighted by molar-refractivity contribution is 5.17. The van der Waals surface area contributed by atoms with Gasteiger partial charge in [0.1, 0.15) is 0 Å². The van der Waals surface area contributed by atoms with E-state index in [9.17, 15) is 5.11 Å². The van der Waals surface area contributed by atoms with E-state index in [0.29, 0.717) is 6.42 Å². The molecule has 1 radical (unpaired) electrons. The molecule has 53 valence electrons. The zero-order valence-electron chi connectivity index (χ0n) is 5.83. The molecule has 1 aromatic rings. The highest BCUT2D eigenvalue weighted by Crippen LogP contribution is 2.13. The number of hydrogen-bond acceptors (Lipinski definition) is 1. The Hall–Kier alpha value is -0.820. The van der Waals surface area contributed by atoms with Crippen LogP contribution in [0.25, 0.3) is 0 Å². The lowest BCUT2D eigenvalue weighted by Gasteiger charge is -2.05. The van der Waals surface area contributed by atoms with Crippen molar-refractivity contribution in [1.82, 2.24) is 0 Å². The first-order valence-electron chi connectivity index (χ1n) is 3.37. The summed E-state index contributed by atoms with van der Waals surface area (Å²) in [6.07, 6.45) is 0.130. The van der Waals surface area contributed by atoms with Crippen LogP contribution in [0.5, 0.6) is 0 Å². The molecule has 1 heteroatoms. The first kappa shape index (κ1) is 7.29. The van der Waals surface area contributed by atoms with E-state index in [2.05, 4.69) is 6.92 Å². The average Bonchev–Trinajstić information content (AvgIpc) is 2.05. The summed E-state index contributed by atoms with van der Waals surface area (Å²) in [6.45, 7) is 3.61. The number of aliphatic hydroxyl groups is 1. The Bertz CT molecular complexity index is 181. The van der Waals surface area contributed by atoms with E-state index in [4.69, 9.17) is 0 Å². The van der Waals surface area contributed by atoms with Crippen LogP contribution in [0.15, 0.2) is 30.3 Å². The van der Waals surface area contributed by atoms with Crippen LogP contribution in [-0.2, 0) is 0 Å². The normalized spacial score (nSPS) is 13.0. The quantitative estimate of drug-likeness (QED) is 0.657. The van der Waals surface area contributed by atoms with Crippen LogP contribution in [-0.4, -0.2) is 5.11 Å². The molecule has 0 aliphatic rings. The van der Waals surface area contributed by atoms with Crippen LogP contribution < -0.4 is 0 Å². The predicted octanol–water partition coefficient (Wildman–Crippen LogP) is 1.94. The van der Waals surface area contributed by atoms with E-state index < -0.39 is 6.10 Å². The largest absolute Gasteiger partial charge is 0.388 e. The second-order valence-electron chi connectivity index (χ2n) is 2.22. The van der Waals surface area contributed by atoms with Gasteiger partial charge in [0.05, 0.1) is 6.10 Å². The van der Waals surface area contributed by atoms with Crippen LogP contribution in [0.4, 0.5) is 0 Å². The van der Waals surface area contributed by atoms with Gasteiger partial charge in [-0.05, 0) is 12.0 Å². The molecule has 1 N–H and O–H groups in total. The van der Waals surface area contributed by atoms with Crippen molar-refractivity contribution in [3.63, 3.8) is 0 Å². The molecule has 0 heterocycles. The molecule has 0 aliphatic heterocycles. The summed E-state index contributed by atoms with van der Waals surface area (Å²) in [5, 5.41) is 9.27. The van der Waals surface area contributed by atoms with E-state index >= 15 is 0 Å². The Morgan fingerprint density at radius 1 is 1.30 bits per heavy atom. The Morgan fingerprint density at radius 2 is 1.90 bits per heavy atom. The van der Waals surface area contributed by atoms with E-state index in [0.717, 1.165) is 5.56 Å². The standard InChI is InChI=1S/C9H11O/c1-2-9(10)8-6-4-3-5-7-8/h3-7,9-10H,1-2H2. The molecule has 0 aliphatic carbocycles. The molecule has 1 nitrogen and oxygen atoms in total. The smallest absolute Gasteiger partial charge is 0.0790 e. The van der Waals surface area contributed by atoms with E-state index in [-0.39, 0.29) is 0 Å². The van der Waals surface area contributed by atoms with Gasteiger partial charge >= 0.3 is 0 Å². The van der Waals surface area contributed by atoms with Gasteiger partial charge in [-0.15, -0.1) is 0 Å². The van der Waals surface area contributed by atoms with Crippen molar-refractivity contribution in [1.29, 1.82) is 0 Å². The zero-order valence-corrected chi connectivity index (χ0v) is 5.83. The highest BCUT2D eigenvalue weighted by atomic mass is 16.3. The molecule has 10 heavy (non-hydrogen) atoms. The van der Waals surface area contributed by atoms with E-state index in [1.165, 1.54) is 0 Å². The summed E-state index contributed by atoms with van der Waals surface area (Å²) in [7, 11) is 0. The number of aliphatic hydroxyl groups excluding tert-OH is 1.